The van der Waals surface area contributed by atoms with Crippen molar-refractivity contribution in [3.63, 3.8) is 0 Å². The lowest BCUT2D eigenvalue weighted by molar-refractivity contribution is 0.675. The van der Waals surface area contributed by atoms with Gasteiger partial charge >= 0.3 is 0 Å². The Bertz CT molecular complexity index is 854. The first-order valence-electron chi connectivity index (χ1n) is 7.95. The number of thioether (sulfide) groups is 1. The molecule has 1 aliphatic rings. The molecule has 0 radical (unpaired) electrons. The van der Waals surface area contributed by atoms with Gasteiger partial charge in [-0.25, -0.2) is 15.0 Å². The third kappa shape index (κ3) is 2.14. The number of thiophene rings is 1. The molecule has 5 heteroatoms. The third-order valence-electron chi connectivity index (χ3n) is 4.46. The van der Waals surface area contributed by atoms with Crippen LogP contribution in [-0.4, -0.2) is 21.2 Å². The molecule has 0 N–H and O–H groups in total. The molecule has 0 saturated heterocycles. The van der Waals surface area contributed by atoms with E-state index in [1.165, 1.54) is 52.6 Å². The molecule has 0 atom stereocenters. The maximum absolute atomic E-state index is 5.03. The molecule has 4 rings (SSSR count). The van der Waals surface area contributed by atoms with Crippen LogP contribution in [0.4, 0.5) is 0 Å². The summed E-state index contributed by atoms with van der Waals surface area (Å²) < 4.78 is 1.21. The Kier molecular flexibility index (Phi) is 3.78. The highest BCUT2D eigenvalue weighted by Crippen LogP contribution is 2.41. The largest absolute Gasteiger partial charge is 0.242 e. The molecular formula is C17H19N3S2. The van der Waals surface area contributed by atoms with Gasteiger partial charge in [0.25, 0.3) is 0 Å². The van der Waals surface area contributed by atoms with Crippen LogP contribution >= 0.6 is 23.1 Å². The van der Waals surface area contributed by atoms with Crippen molar-refractivity contribution in [2.24, 2.45) is 0 Å². The zero-order valence-corrected chi connectivity index (χ0v) is 14.6. The summed E-state index contributed by atoms with van der Waals surface area (Å²) in [5.74, 6) is 0. The van der Waals surface area contributed by atoms with E-state index in [0.717, 1.165) is 28.2 Å². The molecule has 22 heavy (non-hydrogen) atoms. The van der Waals surface area contributed by atoms with Gasteiger partial charge in [-0.3, -0.25) is 0 Å². The van der Waals surface area contributed by atoms with Crippen molar-refractivity contribution in [3.05, 3.63) is 23.1 Å². The summed E-state index contributed by atoms with van der Waals surface area (Å²) in [6.45, 7) is 2.24. The molecule has 3 nitrogen and oxygen atoms in total. The Hall–Kier alpha value is -1.20. The Labute approximate surface area is 138 Å². The number of hydrogen-bond acceptors (Lipinski definition) is 5. The summed E-state index contributed by atoms with van der Waals surface area (Å²) in [6, 6.07) is 0. The van der Waals surface area contributed by atoms with Gasteiger partial charge in [0.2, 0.25) is 0 Å². The van der Waals surface area contributed by atoms with Gasteiger partial charge in [-0.1, -0.05) is 13.3 Å². The van der Waals surface area contributed by atoms with E-state index in [4.69, 9.17) is 4.98 Å². The lowest BCUT2D eigenvalue weighted by Gasteiger charge is -2.19. The van der Waals surface area contributed by atoms with Crippen molar-refractivity contribution in [1.29, 1.82) is 0 Å². The van der Waals surface area contributed by atoms with Crippen LogP contribution in [0.15, 0.2) is 11.4 Å². The van der Waals surface area contributed by atoms with Crippen LogP contribution < -0.4 is 0 Å². The van der Waals surface area contributed by atoms with Gasteiger partial charge in [0.15, 0.2) is 0 Å². The predicted octanol–water partition coefficient (Wildman–Crippen LogP) is 4.79. The SMILES string of the molecule is CCCc1nc2sc3c(SC)ncnc3c2c2c1CCCC2. The van der Waals surface area contributed by atoms with Crippen LogP contribution in [0.3, 0.4) is 0 Å². The highest BCUT2D eigenvalue weighted by molar-refractivity contribution is 7.98. The van der Waals surface area contributed by atoms with Crippen molar-refractivity contribution in [2.75, 3.05) is 6.26 Å². The van der Waals surface area contributed by atoms with E-state index >= 15 is 0 Å². The topological polar surface area (TPSA) is 38.7 Å². The average molecular weight is 329 g/mol. The lowest BCUT2D eigenvalue weighted by atomic mass is 9.88. The molecule has 0 aliphatic heterocycles. The minimum absolute atomic E-state index is 1.08. The molecule has 0 aromatic carbocycles. The Morgan fingerprint density at radius 2 is 2.00 bits per heavy atom. The minimum atomic E-state index is 1.08. The third-order valence-corrected chi connectivity index (χ3v) is 6.36. The number of aryl methyl sites for hydroxylation is 2. The number of hydrogen-bond donors (Lipinski definition) is 0. The Morgan fingerprint density at radius 3 is 2.77 bits per heavy atom. The van der Waals surface area contributed by atoms with Gasteiger partial charge in [0.1, 0.15) is 16.2 Å². The second-order valence-corrected chi connectivity index (χ2v) is 7.61. The fraction of sp³-hybridized carbons (Fsp3) is 0.471. The standard InChI is InChI=1S/C17H19N3S2/c1-3-6-12-10-7-4-5-8-11(10)13-14-15(22-16(13)20-12)17(21-2)19-9-18-14/h9H,3-8H2,1-2H3. The van der Waals surface area contributed by atoms with E-state index in [2.05, 4.69) is 23.1 Å². The molecule has 1 aliphatic carbocycles. The first kappa shape index (κ1) is 14.4. The lowest BCUT2D eigenvalue weighted by Crippen LogP contribution is -2.09. The molecule has 114 valence electrons. The van der Waals surface area contributed by atoms with Gasteiger partial charge in [-0.05, 0) is 49.5 Å². The summed E-state index contributed by atoms with van der Waals surface area (Å²) in [7, 11) is 0. The van der Waals surface area contributed by atoms with Gasteiger partial charge in [-0.2, -0.15) is 0 Å². The van der Waals surface area contributed by atoms with Crippen LogP contribution in [0.5, 0.6) is 0 Å². The molecule has 3 heterocycles. The van der Waals surface area contributed by atoms with Crippen LogP contribution in [0.1, 0.15) is 43.0 Å². The van der Waals surface area contributed by atoms with Gasteiger partial charge in [-0.15, -0.1) is 23.1 Å². The summed E-state index contributed by atoms with van der Waals surface area (Å²) >= 11 is 3.47. The molecule has 0 saturated carbocycles. The van der Waals surface area contributed by atoms with E-state index < -0.39 is 0 Å². The van der Waals surface area contributed by atoms with Crippen LogP contribution in [0.2, 0.25) is 0 Å². The molecular weight excluding hydrogens is 310 g/mol. The number of nitrogens with zero attached hydrogens (tertiary/aromatic N) is 3. The Morgan fingerprint density at radius 1 is 1.18 bits per heavy atom. The number of pyridine rings is 1. The fourth-order valence-corrected chi connectivity index (χ4v) is 5.38. The molecule has 0 spiro atoms. The summed E-state index contributed by atoms with van der Waals surface area (Å²) in [5, 5.41) is 2.39. The van der Waals surface area contributed by atoms with E-state index in [1.54, 1.807) is 29.4 Å². The monoisotopic (exact) mass is 329 g/mol. The molecule has 0 amide bonds. The highest BCUT2D eigenvalue weighted by Gasteiger charge is 2.22. The number of aromatic nitrogens is 3. The van der Waals surface area contributed by atoms with Crippen molar-refractivity contribution in [2.45, 2.75) is 50.5 Å². The zero-order valence-electron chi connectivity index (χ0n) is 13.0. The van der Waals surface area contributed by atoms with Crippen molar-refractivity contribution < 1.29 is 0 Å². The second kappa shape index (κ2) is 5.78. The average Bonchev–Trinajstić information content (AvgIpc) is 2.93. The smallest absolute Gasteiger partial charge is 0.126 e. The zero-order chi connectivity index (χ0) is 15.1. The first-order valence-corrected chi connectivity index (χ1v) is 9.99. The van der Waals surface area contributed by atoms with Crippen molar-refractivity contribution in [1.82, 2.24) is 15.0 Å². The molecule has 0 fully saturated rings. The quantitative estimate of drug-likeness (QED) is 0.511. The van der Waals surface area contributed by atoms with E-state index in [0.29, 0.717) is 0 Å². The number of fused-ring (bicyclic) bond motifs is 5. The number of rotatable bonds is 3. The fourth-order valence-electron chi connectivity index (χ4n) is 3.51. The van der Waals surface area contributed by atoms with Crippen molar-refractivity contribution >= 4 is 43.5 Å². The maximum atomic E-state index is 5.03. The van der Waals surface area contributed by atoms with Gasteiger partial charge in [0, 0.05) is 11.1 Å². The molecule has 0 bridgehead atoms. The first-order chi connectivity index (χ1) is 10.8. The predicted molar refractivity (Wildman–Crippen MR) is 95.1 cm³/mol. The summed E-state index contributed by atoms with van der Waals surface area (Å²) in [4.78, 5) is 15.2. The summed E-state index contributed by atoms with van der Waals surface area (Å²) in [5.41, 5.74) is 5.49. The second-order valence-electron chi connectivity index (χ2n) is 5.82. The minimum Gasteiger partial charge on any atom is -0.242 e. The van der Waals surface area contributed by atoms with E-state index in [1.807, 2.05) is 0 Å². The molecule has 3 aromatic rings. The van der Waals surface area contributed by atoms with Crippen LogP contribution in [0, 0.1) is 0 Å². The van der Waals surface area contributed by atoms with E-state index in [9.17, 15) is 0 Å². The molecule has 0 unspecified atom stereocenters. The van der Waals surface area contributed by atoms with Crippen LogP contribution in [-0.2, 0) is 19.3 Å². The maximum Gasteiger partial charge on any atom is 0.126 e. The molecule has 3 aromatic heterocycles. The normalized spacial score (nSPS) is 14.6. The van der Waals surface area contributed by atoms with Gasteiger partial charge < -0.3 is 0 Å². The van der Waals surface area contributed by atoms with E-state index in [-0.39, 0.29) is 0 Å². The highest BCUT2D eigenvalue weighted by atomic mass is 32.2. The van der Waals surface area contributed by atoms with Gasteiger partial charge in [0.05, 0.1) is 10.2 Å². The Balaban J connectivity index is 2.10. The van der Waals surface area contributed by atoms with Crippen molar-refractivity contribution in [3.8, 4) is 0 Å². The summed E-state index contributed by atoms with van der Waals surface area (Å²) in [6.07, 6.45) is 11.0. The van der Waals surface area contributed by atoms with Crippen LogP contribution in [0.25, 0.3) is 20.4 Å².